The summed E-state index contributed by atoms with van der Waals surface area (Å²) in [6, 6.07) is 3.42. The number of aromatic nitrogens is 3. The molecule has 1 saturated heterocycles. The number of aryl methyl sites for hydroxylation is 1. The summed E-state index contributed by atoms with van der Waals surface area (Å²) in [5.41, 5.74) is 4.03. The van der Waals surface area contributed by atoms with E-state index in [1.165, 1.54) is 0 Å². The van der Waals surface area contributed by atoms with E-state index in [9.17, 15) is 4.79 Å². The van der Waals surface area contributed by atoms with Crippen LogP contribution in [0.4, 0.5) is 4.39 Å². The third-order valence-electron chi connectivity index (χ3n) is 8.31. The average Bonchev–Trinajstić information content (AvgIpc) is 3.61. The van der Waals surface area contributed by atoms with Gasteiger partial charge in [-0.2, -0.15) is 5.10 Å². The number of rotatable bonds is 4. The number of carbonyl (C=O) groups excluding carboxylic acids is 1. The maximum atomic E-state index is 16.1. The predicted octanol–water partition coefficient (Wildman–Crippen LogP) is 3.36. The zero-order chi connectivity index (χ0) is 26.1. The molecule has 1 amide bonds. The first-order chi connectivity index (χ1) is 17.6. The van der Waals surface area contributed by atoms with Gasteiger partial charge in [0.1, 0.15) is 5.82 Å². The third-order valence-corrected chi connectivity index (χ3v) is 8.31. The van der Waals surface area contributed by atoms with Crippen molar-refractivity contribution in [2.45, 2.75) is 71.9 Å². The summed E-state index contributed by atoms with van der Waals surface area (Å²) in [4.78, 5) is 18.9. The van der Waals surface area contributed by atoms with Gasteiger partial charge in [0, 0.05) is 47.3 Å². The molecule has 3 aromatic rings. The summed E-state index contributed by atoms with van der Waals surface area (Å²) in [5, 5.41) is 8.11. The molecule has 0 aliphatic carbocycles. The number of fused-ring (bicyclic) bond motifs is 2. The molecule has 0 radical (unpaired) electrons. The van der Waals surface area contributed by atoms with E-state index >= 15 is 4.39 Å². The molecule has 37 heavy (non-hydrogen) atoms. The number of H-pyrrole nitrogens is 1. The molecule has 0 spiro atoms. The summed E-state index contributed by atoms with van der Waals surface area (Å²) in [7, 11) is -0.742. The lowest BCUT2D eigenvalue weighted by molar-refractivity contribution is 0.00578. The molecular formula is C27H33BFN5O3. The second-order valence-corrected chi connectivity index (χ2v) is 11.2. The molecule has 2 aromatic heterocycles. The molecule has 5 heterocycles. The zero-order valence-electron chi connectivity index (χ0n) is 22.1. The number of halogens is 1. The monoisotopic (exact) mass is 505 g/mol. The Hall–Kier alpha value is -2.95. The van der Waals surface area contributed by atoms with Gasteiger partial charge in [-0.15, -0.1) is 0 Å². The van der Waals surface area contributed by atoms with Crippen LogP contribution in [0.25, 0.3) is 16.5 Å². The number of amides is 1. The van der Waals surface area contributed by atoms with Crippen molar-refractivity contribution in [3.63, 3.8) is 0 Å². The second kappa shape index (κ2) is 8.54. The van der Waals surface area contributed by atoms with Crippen LogP contribution in [0.2, 0.25) is 0 Å². The molecule has 10 heteroatoms. The first-order valence-corrected chi connectivity index (χ1v) is 13.0. The van der Waals surface area contributed by atoms with Crippen LogP contribution in [0.5, 0.6) is 0 Å². The highest BCUT2D eigenvalue weighted by Gasteiger charge is 2.52. The molecule has 194 valence electrons. The van der Waals surface area contributed by atoms with Gasteiger partial charge >= 0.3 is 7.12 Å². The zero-order valence-corrected chi connectivity index (χ0v) is 22.1. The Morgan fingerprint density at radius 3 is 2.62 bits per heavy atom. The van der Waals surface area contributed by atoms with Crippen LogP contribution in [0.3, 0.4) is 0 Å². The summed E-state index contributed by atoms with van der Waals surface area (Å²) in [5.74, 6) is -0.877. The molecule has 0 bridgehead atoms. The molecule has 2 N–H and O–H groups in total. The lowest BCUT2D eigenvalue weighted by Crippen LogP contribution is -2.41. The van der Waals surface area contributed by atoms with Crippen molar-refractivity contribution >= 4 is 35.0 Å². The Morgan fingerprint density at radius 1 is 1.19 bits per heavy atom. The Bertz CT molecular complexity index is 1420. The average molecular weight is 505 g/mol. The molecule has 1 aromatic carbocycles. The molecule has 3 aliphatic heterocycles. The van der Waals surface area contributed by atoms with Crippen LogP contribution in [0.1, 0.15) is 68.3 Å². The van der Waals surface area contributed by atoms with Gasteiger partial charge in [-0.1, -0.05) is 6.08 Å². The van der Waals surface area contributed by atoms with Crippen molar-refractivity contribution < 1.29 is 18.5 Å². The van der Waals surface area contributed by atoms with Gasteiger partial charge in [-0.3, -0.25) is 9.48 Å². The molecule has 1 fully saturated rings. The fourth-order valence-electron chi connectivity index (χ4n) is 5.42. The minimum atomic E-state index is -0.742. The van der Waals surface area contributed by atoms with E-state index in [-0.39, 0.29) is 11.5 Å². The van der Waals surface area contributed by atoms with Crippen molar-refractivity contribution in [3.05, 3.63) is 52.7 Å². The highest BCUT2D eigenvalue weighted by atomic mass is 19.1. The summed E-state index contributed by atoms with van der Waals surface area (Å²) in [6.45, 7) is 13.1. The van der Waals surface area contributed by atoms with Gasteiger partial charge in [0.25, 0.3) is 5.91 Å². The Kier molecular flexibility index (Phi) is 5.63. The van der Waals surface area contributed by atoms with Gasteiger partial charge in [0.05, 0.1) is 35.2 Å². The van der Waals surface area contributed by atoms with Gasteiger partial charge < -0.3 is 24.5 Å². The van der Waals surface area contributed by atoms with E-state index in [4.69, 9.17) is 9.31 Å². The van der Waals surface area contributed by atoms with Crippen LogP contribution < -0.4 is 10.8 Å². The summed E-state index contributed by atoms with van der Waals surface area (Å²) >= 11 is 0. The molecular weight excluding hydrogens is 472 g/mol. The van der Waals surface area contributed by atoms with E-state index in [0.29, 0.717) is 36.0 Å². The Labute approximate surface area is 216 Å². The first-order valence-electron chi connectivity index (χ1n) is 13.0. The van der Waals surface area contributed by atoms with Crippen molar-refractivity contribution in [1.82, 2.24) is 25.0 Å². The van der Waals surface area contributed by atoms with E-state index in [1.807, 2.05) is 45.4 Å². The van der Waals surface area contributed by atoms with E-state index < -0.39 is 24.1 Å². The van der Waals surface area contributed by atoms with Crippen molar-refractivity contribution in [2.24, 2.45) is 0 Å². The first kappa shape index (κ1) is 24.4. The predicted molar refractivity (Wildman–Crippen MR) is 141 cm³/mol. The highest BCUT2D eigenvalue weighted by Crippen LogP contribution is 2.38. The van der Waals surface area contributed by atoms with Crippen LogP contribution >= 0.6 is 0 Å². The number of nitrogens with one attached hydrogen (secondary N) is 2. The number of carbonyl (C=O) groups is 1. The van der Waals surface area contributed by atoms with Gasteiger partial charge in [0.2, 0.25) is 0 Å². The largest absolute Gasteiger partial charge is 0.497 e. The SMILES string of the molecule is CCn1ncc2c1CN(C(=O)c1cc(B3OC(C)(C)C(C)(C)O3)c3[nH]c(C4=CCCNC4)cc3c1F)C2. The summed E-state index contributed by atoms with van der Waals surface area (Å²) in [6.07, 6.45) is 4.87. The van der Waals surface area contributed by atoms with Crippen LogP contribution in [0, 0.1) is 5.82 Å². The highest BCUT2D eigenvalue weighted by molar-refractivity contribution is 6.65. The number of hydrogen-bond donors (Lipinski definition) is 2. The Morgan fingerprint density at radius 2 is 1.95 bits per heavy atom. The van der Waals surface area contributed by atoms with Crippen molar-refractivity contribution in [1.29, 1.82) is 0 Å². The van der Waals surface area contributed by atoms with Gasteiger partial charge in [0.15, 0.2) is 0 Å². The standard InChI is InChI=1S/C27H33BFN5O3/c1-6-34-22-15-33(14-17(22)13-31-34)25(35)19-10-20(28-36-26(2,3)27(4,5)37-28)24-18(23(19)29)11-21(32-24)16-8-7-9-30-12-16/h8,10-11,13,30,32H,6-7,9,12,14-15H2,1-5H3. The van der Waals surface area contributed by atoms with Gasteiger partial charge in [-0.25, -0.2) is 4.39 Å². The molecule has 0 saturated carbocycles. The second-order valence-electron chi connectivity index (χ2n) is 11.2. The fourth-order valence-corrected chi connectivity index (χ4v) is 5.42. The summed E-state index contributed by atoms with van der Waals surface area (Å²) < 4.78 is 30.7. The van der Waals surface area contributed by atoms with Crippen LogP contribution in [-0.4, -0.2) is 57.0 Å². The van der Waals surface area contributed by atoms with Crippen molar-refractivity contribution in [3.8, 4) is 0 Å². The number of nitrogens with zero attached hydrogens (tertiary/aromatic N) is 3. The molecule has 0 unspecified atom stereocenters. The maximum Gasteiger partial charge on any atom is 0.497 e. The smallest absolute Gasteiger partial charge is 0.399 e. The molecule has 3 aliphatic rings. The van der Waals surface area contributed by atoms with E-state index in [2.05, 4.69) is 21.5 Å². The van der Waals surface area contributed by atoms with E-state index in [0.717, 1.165) is 42.0 Å². The quantitative estimate of drug-likeness (QED) is 0.532. The van der Waals surface area contributed by atoms with E-state index in [1.54, 1.807) is 17.2 Å². The van der Waals surface area contributed by atoms with Crippen molar-refractivity contribution in [2.75, 3.05) is 13.1 Å². The molecule has 6 rings (SSSR count). The van der Waals surface area contributed by atoms with Gasteiger partial charge in [-0.05, 0) is 65.3 Å². The minimum Gasteiger partial charge on any atom is -0.399 e. The number of hydrogen-bond acceptors (Lipinski definition) is 5. The lowest BCUT2D eigenvalue weighted by atomic mass is 9.76. The molecule has 0 atom stereocenters. The fraction of sp³-hybridized carbons (Fsp3) is 0.481. The lowest BCUT2D eigenvalue weighted by Gasteiger charge is -2.32. The Balaban J connectivity index is 1.45. The number of benzene rings is 1. The maximum absolute atomic E-state index is 16.1. The number of aromatic amines is 1. The minimum absolute atomic E-state index is 0.0275. The van der Waals surface area contributed by atoms with Crippen LogP contribution in [0.15, 0.2) is 24.4 Å². The topological polar surface area (TPSA) is 84.4 Å². The van der Waals surface area contributed by atoms with Crippen LogP contribution in [-0.2, 0) is 28.9 Å². The molecule has 8 nitrogen and oxygen atoms in total. The normalized spacial score (nSPS) is 20.5. The third kappa shape index (κ3) is 3.84.